The molecule has 0 aromatic heterocycles. The van der Waals surface area contributed by atoms with Crippen molar-refractivity contribution in [3.05, 3.63) is 23.8 Å². The number of rotatable bonds is 10. The number of fused-ring (bicyclic) bond motifs is 1. The number of halogens is 3. The molecule has 142 valence electrons. The first-order valence-electron chi connectivity index (χ1n) is 9.45. The molecule has 0 saturated carbocycles. The summed E-state index contributed by atoms with van der Waals surface area (Å²) in [6.45, 7) is 3.73. The van der Waals surface area contributed by atoms with E-state index >= 15 is 0 Å². The van der Waals surface area contributed by atoms with E-state index in [0.29, 0.717) is 17.9 Å². The number of unbranched alkanes of at least 4 members (excludes halogenated alkanes) is 7. The molecule has 1 heterocycles. The summed E-state index contributed by atoms with van der Waals surface area (Å²) in [5.74, 6) is 0. The average Bonchev–Trinajstić information content (AvgIpc) is 2.59. The maximum atomic E-state index is 12.7. The normalized spacial score (nSPS) is 16.9. The number of anilines is 2. The van der Waals surface area contributed by atoms with E-state index in [1.54, 1.807) is 0 Å². The third-order valence-corrected chi connectivity index (χ3v) is 4.59. The highest BCUT2D eigenvalue weighted by Gasteiger charge is 2.31. The van der Waals surface area contributed by atoms with Crippen LogP contribution in [0.15, 0.2) is 18.2 Å². The molecule has 25 heavy (non-hydrogen) atoms. The van der Waals surface area contributed by atoms with Crippen LogP contribution in [0.5, 0.6) is 0 Å². The molecule has 1 aliphatic rings. The molecule has 0 saturated heterocycles. The van der Waals surface area contributed by atoms with Crippen molar-refractivity contribution in [2.75, 3.05) is 23.7 Å². The minimum Gasteiger partial charge on any atom is -0.380 e. The fourth-order valence-electron chi connectivity index (χ4n) is 3.10. The molecule has 1 aromatic rings. The van der Waals surface area contributed by atoms with Crippen molar-refractivity contribution < 1.29 is 13.2 Å². The molecular formula is C19H30F3N3. The van der Waals surface area contributed by atoms with Gasteiger partial charge < -0.3 is 10.6 Å². The van der Waals surface area contributed by atoms with Gasteiger partial charge in [0.05, 0.1) is 23.1 Å². The van der Waals surface area contributed by atoms with Gasteiger partial charge in [0, 0.05) is 6.54 Å². The van der Waals surface area contributed by atoms with Crippen LogP contribution in [0, 0.1) is 0 Å². The third-order valence-electron chi connectivity index (χ3n) is 4.59. The number of alkyl halides is 3. The van der Waals surface area contributed by atoms with E-state index in [1.165, 1.54) is 51.0 Å². The van der Waals surface area contributed by atoms with Crippen LogP contribution < -0.4 is 16.0 Å². The monoisotopic (exact) mass is 357 g/mol. The molecule has 0 amide bonds. The lowest BCUT2D eigenvalue weighted by molar-refractivity contribution is -0.137. The number of benzene rings is 1. The zero-order valence-electron chi connectivity index (χ0n) is 15.0. The SMILES string of the molecule is CCCCCCCCCCNC1CNc2cc(C(F)(F)F)ccc2N1. The van der Waals surface area contributed by atoms with Gasteiger partial charge in [0.1, 0.15) is 0 Å². The molecule has 0 bridgehead atoms. The predicted molar refractivity (Wildman–Crippen MR) is 98.0 cm³/mol. The summed E-state index contributed by atoms with van der Waals surface area (Å²) in [5.41, 5.74) is 0.610. The van der Waals surface area contributed by atoms with Crippen molar-refractivity contribution in [3.63, 3.8) is 0 Å². The van der Waals surface area contributed by atoms with Crippen molar-refractivity contribution in [1.29, 1.82) is 0 Å². The molecule has 2 rings (SSSR count). The quantitative estimate of drug-likeness (QED) is 0.477. The van der Waals surface area contributed by atoms with Gasteiger partial charge in [-0.05, 0) is 31.2 Å². The Morgan fingerprint density at radius 3 is 2.36 bits per heavy atom. The zero-order valence-corrected chi connectivity index (χ0v) is 15.0. The van der Waals surface area contributed by atoms with Gasteiger partial charge in [-0.25, -0.2) is 0 Å². The summed E-state index contributed by atoms with van der Waals surface area (Å²) >= 11 is 0. The average molecular weight is 357 g/mol. The second-order valence-corrected chi connectivity index (χ2v) is 6.76. The van der Waals surface area contributed by atoms with Crippen LogP contribution >= 0.6 is 0 Å². The first-order chi connectivity index (χ1) is 12.0. The Morgan fingerprint density at radius 2 is 1.68 bits per heavy atom. The summed E-state index contributed by atoms with van der Waals surface area (Å²) < 4.78 is 38.2. The molecule has 3 N–H and O–H groups in total. The van der Waals surface area contributed by atoms with E-state index < -0.39 is 11.7 Å². The fourth-order valence-corrected chi connectivity index (χ4v) is 3.10. The maximum absolute atomic E-state index is 12.7. The first-order valence-corrected chi connectivity index (χ1v) is 9.45. The standard InChI is InChI=1S/C19H30F3N3/c1-2-3-4-5-6-7-8-9-12-23-18-14-24-17-13-15(19(20,21)22)10-11-16(17)25-18/h10-11,13,18,23-25H,2-9,12,14H2,1H3. The molecule has 0 radical (unpaired) electrons. The molecule has 1 aromatic carbocycles. The van der Waals surface area contributed by atoms with Crippen LogP contribution in [-0.4, -0.2) is 19.3 Å². The van der Waals surface area contributed by atoms with Crippen LogP contribution in [0.3, 0.4) is 0 Å². The van der Waals surface area contributed by atoms with Crippen molar-refractivity contribution >= 4 is 11.4 Å². The van der Waals surface area contributed by atoms with Gasteiger partial charge in [0.15, 0.2) is 0 Å². The predicted octanol–water partition coefficient (Wildman–Crippen LogP) is 5.60. The van der Waals surface area contributed by atoms with Crippen molar-refractivity contribution in [2.45, 2.75) is 70.6 Å². The van der Waals surface area contributed by atoms with Gasteiger partial charge in [-0.2, -0.15) is 13.2 Å². The largest absolute Gasteiger partial charge is 0.416 e. The van der Waals surface area contributed by atoms with E-state index in [0.717, 1.165) is 25.1 Å². The fraction of sp³-hybridized carbons (Fsp3) is 0.684. The van der Waals surface area contributed by atoms with Gasteiger partial charge in [0.2, 0.25) is 0 Å². The molecule has 0 spiro atoms. The van der Waals surface area contributed by atoms with Gasteiger partial charge >= 0.3 is 6.18 Å². The maximum Gasteiger partial charge on any atom is 0.416 e. The zero-order chi connectivity index (χ0) is 18.1. The van der Waals surface area contributed by atoms with Crippen molar-refractivity contribution in [3.8, 4) is 0 Å². The number of hydrogen-bond acceptors (Lipinski definition) is 3. The number of nitrogens with one attached hydrogen (secondary N) is 3. The molecule has 1 unspecified atom stereocenters. The summed E-state index contributed by atoms with van der Waals surface area (Å²) in [6.07, 6.45) is 6.02. The van der Waals surface area contributed by atoms with Gasteiger partial charge in [-0.15, -0.1) is 0 Å². The van der Waals surface area contributed by atoms with Crippen LogP contribution in [0.2, 0.25) is 0 Å². The summed E-state index contributed by atoms with van der Waals surface area (Å²) in [6, 6.07) is 3.78. The molecule has 6 heteroatoms. The highest BCUT2D eigenvalue weighted by atomic mass is 19.4. The Kier molecular flexibility index (Phi) is 7.88. The minimum absolute atomic E-state index is 0.0498. The van der Waals surface area contributed by atoms with Crippen molar-refractivity contribution in [1.82, 2.24) is 5.32 Å². The molecule has 1 aliphatic heterocycles. The number of hydrogen-bond donors (Lipinski definition) is 3. The Morgan fingerprint density at radius 1 is 1.00 bits per heavy atom. The lowest BCUT2D eigenvalue weighted by atomic mass is 10.1. The van der Waals surface area contributed by atoms with Crippen LogP contribution in [0.1, 0.15) is 63.9 Å². The van der Waals surface area contributed by atoms with E-state index in [4.69, 9.17) is 0 Å². The Balaban J connectivity index is 1.63. The topological polar surface area (TPSA) is 36.1 Å². The summed E-state index contributed by atoms with van der Waals surface area (Å²) in [5, 5.41) is 9.76. The summed E-state index contributed by atoms with van der Waals surface area (Å²) in [7, 11) is 0. The Bertz CT molecular complexity index is 517. The molecular weight excluding hydrogens is 327 g/mol. The van der Waals surface area contributed by atoms with Crippen LogP contribution in [0.4, 0.5) is 24.5 Å². The first kappa shape index (κ1) is 19.9. The minimum atomic E-state index is -4.30. The second-order valence-electron chi connectivity index (χ2n) is 6.76. The smallest absolute Gasteiger partial charge is 0.380 e. The van der Waals surface area contributed by atoms with E-state index in [9.17, 15) is 13.2 Å². The molecule has 0 aliphatic carbocycles. The molecule has 3 nitrogen and oxygen atoms in total. The lowest BCUT2D eigenvalue weighted by Crippen LogP contribution is -2.45. The van der Waals surface area contributed by atoms with E-state index in [2.05, 4.69) is 22.9 Å². The van der Waals surface area contributed by atoms with E-state index in [1.807, 2.05) is 0 Å². The highest BCUT2D eigenvalue weighted by molar-refractivity contribution is 5.72. The lowest BCUT2D eigenvalue weighted by Gasteiger charge is -2.29. The van der Waals surface area contributed by atoms with Crippen LogP contribution in [-0.2, 0) is 6.18 Å². The van der Waals surface area contributed by atoms with Crippen molar-refractivity contribution in [2.24, 2.45) is 0 Å². The molecule has 0 fully saturated rings. The second kappa shape index (κ2) is 9.90. The van der Waals surface area contributed by atoms with Gasteiger partial charge in [0.25, 0.3) is 0 Å². The van der Waals surface area contributed by atoms with Crippen LogP contribution in [0.25, 0.3) is 0 Å². The van der Waals surface area contributed by atoms with Gasteiger partial charge in [-0.3, -0.25) is 5.32 Å². The third kappa shape index (κ3) is 6.77. The van der Waals surface area contributed by atoms with Gasteiger partial charge in [-0.1, -0.05) is 51.9 Å². The summed E-state index contributed by atoms with van der Waals surface area (Å²) in [4.78, 5) is 0. The Labute approximate surface area is 148 Å². The Hall–Kier alpha value is -1.43. The highest BCUT2D eigenvalue weighted by Crippen LogP contribution is 2.35. The van der Waals surface area contributed by atoms with E-state index in [-0.39, 0.29) is 6.17 Å². The molecule has 1 atom stereocenters.